The van der Waals surface area contributed by atoms with Gasteiger partial charge in [0.15, 0.2) is 0 Å². The molecular weight excluding hydrogens is 413 g/mol. The summed E-state index contributed by atoms with van der Waals surface area (Å²) in [7, 11) is 0. The molecule has 8 nitrogen and oxygen atoms in total. The number of anilines is 2. The third-order valence-electron chi connectivity index (χ3n) is 4.99. The van der Waals surface area contributed by atoms with Crippen molar-refractivity contribution in [3.8, 4) is 5.69 Å². The minimum absolute atomic E-state index is 0.222. The van der Waals surface area contributed by atoms with Gasteiger partial charge in [-0.3, -0.25) is 4.79 Å². The molecule has 1 N–H and O–H groups in total. The van der Waals surface area contributed by atoms with E-state index in [9.17, 15) is 18.0 Å². The van der Waals surface area contributed by atoms with Crippen molar-refractivity contribution in [2.45, 2.75) is 13.1 Å². The van der Waals surface area contributed by atoms with Gasteiger partial charge in [0.1, 0.15) is 6.33 Å². The van der Waals surface area contributed by atoms with Gasteiger partial charge in [0.25, 0.3) is 5.91 Å². The Balaban J connectivity index is 1.59. The van der Waals surface area contributed by atoms with E-state index in [4.69, 9.17) is 4.74 Å². The number of hydrogen-bond donors (Lipinski definition) is 1. The average Bonchev–Trinajstić information content (AvgIpc) is 3.28. The number of nitrogens with one attached hydrogen (secondary N) is 1. The van der Waals surface area contributed by atoms with Gasteiger partial charge in [-0.1, -0.05) is 0 Å². The molecule has 162 valence electrons. The van der Waals surface area contributed by atoms with Crippen LogP contribution in [0, 0.1) is 6.92 Å². The molecule has 4 rings (SSSR count). The first-order valence-electron chi connectivity index (χ1n) is 9.52. The summed E-state index contributed by atoms with van der Waals surface area (Å²) in [6.45, 7) is 3.69. The molecule has 0 saturated carbocycles. The molecule has 31 heavy (non-hydrogen) atoms. The first-order chi connectivity index (χ1) is 14.8. The largest absolute Gasteiger partial charge is 0.418 e. The maximum Gasteiger partial charge on any atom is 0.418 e. The molecule has 1 saturated heterocycles. The number of carbonyl (C=O) groups is 1. The molecule has 1 aromatic heterocycles. The van der Waals surface area contributed by atoms with E-state index in [0.29, 0.717) is 43.2 Å². The van der Waals surface area contributed by atoms with Gasteiger partial charge in [-0.15, -0.1) is 5.10 Å². The van der Waals surface area contributed by atoms with Crippen LogP contribution in [0.5, 0.6) is 0 Å². The number of alkyl halides is 3. The highest BCUT2D eigenvalue weighted by atomic mass is 19.4. The average molecular weight is 432 g/mol. The number of aryl methyl sites for hydroxylation is 1. The quantitative estimate of drug-likeness (QED) is 0.682. The molecule has 1 aliphatic rings. The summed E-state index contributed by atoms with van der Waals surface area (Å²) < 4.78 is 47.8. The fourth-order valence-corrected chi connectivity index (χ4v) is 3.41. The van der Waals surface area contributed by atoms with Gasteiger partial charge in [-0.2, -0.15) is 13.2 Å². The summed E-state index contributed by atoms with van der Waals surface area (Å²) in [5.41, 5.74) is 0.824. The predicted molar refractivity (Wildman–Crippen MR) is 106 cm³/mol. The Kier molecular flexibility index (Phi) is 5.59. The minimum Gasteiger partial charge on any atom is -0.378 e. The maximum absolute atomic E-state index is 13.7. The van der Waals surface area contributed by atoms with Gasteiger partial charge < -0.3 is 15.0 Å². The van der Waals surface area contributed by atoms with Crippen LogP contribution in [0.25, 0.3) is 5.69 Å². The van der Waals surface area contributed by atoms with Crippen molar-refractivity contribution in [2.75, 3.05) is 36.5 Å². The monoisotopic (exact) mass is 432 g/mol. The fraction of sp³-hybridized carbons (Fsp3) is 0.300. The number of nitrogens with zero attached hydrogens (tertiary/aromatic N) is 5. The van der Waals surface area contributed by atoms with E-state index in [1.807, 2.05) is 4.90 Å². The Hall–Kier alpha value is -3.47. The van der Waals surface area contributed by atoms with E-state index in [0.717, 1.165) is 6.07 Å². The molecule has 0 bridgehead atoms. The maximum atomic E-state index is 13.7. The summed E-state index contributed by atoms with van der Waals surface area (Å²) in [6.07, 6.45) is -3.21. The lowest BCUT2D eigenvalue weighted by Gasteiger charge is -2.29. The van der Waals surface area contributed by atoms with Crippen molar-refractivity contribution >= 4 is 17.3 Å². The molecule has 1 amide bonds. The molecule has 2 heterocycles. The van der Waals surface area contributed by atoms with E-state index >= 15 is 0 Å². The number of carbonyl (C=O) groups excluding carboxylic acids is 1. The van der Waals surface area contributed by atoms with Crippen molar-refractivity contribution in [1.82, 2.24) is 20.2 Å². The van der Waals surface area contributed by atoms with Crippen LogP contribution in [0.4, 0.5) is 24.5 Å². The Morgan fingerprint density at radius 3 is 2.55 bits per heavy atom. The van der Waals surface area contributed by atoms with Gasteiger partial charge in [0.05, 0.1) is 30.2 Å². The Labute approximate surface area is 175 Å². The normalized spacial score (nSPS) is 14.5. The van der Waals surface area contributed by atoms with Crippen molar-refractivity contribution in [3.63, 3.8) is 0 Å². The molecule has 0 aliphatic carbocycles. The van der Waals surface area contributed by atoms with Crippen molar-refractivity contribution in [2.24, 2.45) is 0 Å². The van der Waals surface area contributed by atoms with Crippen LogP contribution < -0.4 is 10.2 Å². The van der Waals surface area contributed by atoms with Gasteiger partial charge in [0, 0.05) is 24.3 Å². The number of amides is 1. The molecule has 0 atom stereocenters. The van der Waals surface area contributed by atoms with E-state index < -0.39 is 17.6 Å². The molecule has 1 aliphatic heterocycles. The summed E-state index contributed by atoms with van der Waals surface area (Å²) in [6, 6.07) is 8.63. The molecule has 0 radical (unpaired) electrons. The number of rotatable bonds is 4. The molecule has 0 unspecified atom stereocenters. The topological polar surface area (TPSA) is 85.2 Å². The molecule has 2 aromatic carbocycles. The minimum atomic E-state index is -4.62. The number of tetrazole rings is 1. The van der Waals surface area contributed by atoms with Crippen molar-refractivity contribution < 1.29 is 22.7 Å². The second-order valence-corrected chi connectivity index (χ2v) is 7.04. The second kappa shape index (κ2) is 8.34. The molecule has 3 aromatic rings. The van der Waals surface area contributed by atoms with Crippen LogP contribution in [0.3, 0.4) is 0 Å². The van der Waals surface area contributed by atoms with Gasteiger partial charge in [-0.25, -0.2) is 4.68 Å². The lowest BCUT2D eigenvalue weighted by molar-refractivity contribution is -0.136. The Morgan fingerprint density at radius 2 is 1.90 bits per heavy atom. The lowest BCUT2D eigenvalue weighted by Crippen LogP contribution is -2.36. The highest BCUT2D eigenvalue weighted by molar-refractivity contribution is 6.05. The van der Waals surface area contributed by atoms with Crippen molar-refractivity contribution in [3.05, 3.63) is 59.4 Å². The second-order valence-electron chi connectivity index (χ2n) is 7.04. The lowest BCUT2D eigenvalue weighted by atomic mass is 10.1. The number of benzene rings is 2. The number of morpholine rings is 1. The zero-order valence-electron chi connectivity index (χ0n) is 16.6. The fourth-order valence-electron chi connectivity index (χ4n) is 3.41. The molecular formula is C20H19F3N6O2. The Morgan fingerprint density at radius 1 is 1.13 bits per heavy atom. The highest BCUT2D eigenvalue weighted by Gasteiger charge is 2.35. The standard InChI is InChI=1S/C20H19F3N6O2/c1-13-10-14(2-5-18(13)29-12-24-26-27-29)19(30)25-17-4-3-15(11-16(17)20(21,22)23)28-6-8-31-9-7-28/h2-5,10-12H,6-9H2,1H3,(H,25,30). The van der Waals surface area contributed by atoms with E-state index in [-0.39, 0.29) is 11.3 Å². The molecule has 0 spiro atoms. The SMILES string of the molecule is Cc1cc(C(=O)Nc2ccc(N3CCOCC3)cc2C(F)(F)F)ccc1-n1cnnn1. The van der Waals surface area contributed by atoms with Gasteiger partial charge in [-0.05, 0) is 59.3 Å². The third-order valence-corrected chi connectivity index (χ3v) is 4.99. The van der Waals surface area contributed by atoms with Crippen LogP contribution >= 0.6 is 0 Å². The highest BCUT2D eigenvalue weighted by Crippen LogP contribution is 2.37. The van der Waals surface area contributed by atoms with Crippen LogP contribution in [0.15, 0.2) is 42.7 Å². The van der Waals surface area contributed by atoms with Gasteiger partial charge >= 0.3 is 6.18 Å². The molecule has 1 fully saturated rings. The van der Waals surface area contributed by atoms with Crippen molar-refractivity contribution in [1.29, 1.82) is 0 Å². The van der Waals surface area contributed by atoms with Crippen LogP contribution in [0.2, 0.25) is 0 Å². The number of hydrogen-bond acceptors (Lipinski definition) is 6. The first-order valence-corrected chi connectivity index (χ1v) is 9.52. The predicted octanol–water partition coefficient (Wildman–Crippen LogP) is 3.08. The van der Waals surface area contributed by atoms with Crippen LogP contribution in [0.1, 0.15) is 21.5 Å². The zero-order valence-corrected chi connectivity index (χ0v) is 16.6. The zero-order chi connectivity index (χ0) is 22.0. The number of ether oxygens (including phenoxy) is 1. The summed E-state index contributed by atoms with van der Waals surface area (Å²) in [5.74, 6) is -0.643. The third kappa shape index (κ3) is 4.50. The summed E-state index contributed by atoms with van der Waals surface area (Å²) in [5, 5.41) is 13.3. The smallest absolute Gasteiger partial charge is 0.378 e. The Bertz CT molecular complexity index is 1080. The van der Waals surface area contributed by atoms with E-state index in [1.165, 1.54) is 23.1 Å². The first kappa shape index (κ1) is 20.8. The number of aromatic nitrogens is 4. The number of halogens is 3. The summed E-state index contributed by atoms with van der Waals surface area (Å²) in [4.78, 5) is 14.5. The summed E-state index contributed by atoms with van der Waals surface area (Å²) >= 11 is 0. The molecule has 11 heteroatoms. The van der Waals surface area contributed by atoms with Crippen LogP contribution in [-0.2, 0) is 10.9 Å². The van der Waals surface area contributed by atoms with Crippen LogP contribution in [-0.4, -0.2) is 52.4 Å². The van der Waals surface area contributed by atoms with Gasteiger partial charge in [0.2, 0.25) is 0 Å². The van der Waals surface area contributed by atoms with E-state index in [1.54, 1.807) is 25.1 Å². The van der Waals surface area contributed by atoms with E-state index in [2.05, 4.69) is 20.8 Å².